The topological polar surface area (TPSA) is 142 Å². The van der Waals surface area contributed by atoms with Gasteiger partial charge in [0.15, 0.2) is 0 Å². The molecule has 3 saturated carbocycles. The van der Waals surface area contributed by atoms with Crippen molar-refractivity contribution in [1.82, 2.24) is 5.32 Å². The molecule has 2 atom stereocenters. The molecule has 0 aliphatic heterocycles. The molecule has 0 aromatic carbocycles. The quantitative estimate of drug-likeness (QED) is 0.280. The SMILES string of the molecule is C1CC2CCC1C2.CCCCCCNCCN.CCN.CCN.NCC1CCCC(CN)C1. The van der Waals surface area contributed by atoms with Crippen molar-refractivity contribution in [3.05, 3.63) is 0 Å². The van der Waals surface area contributed by atoms with Crippen molar-refractivity contribution in [3.63, 3.8) is 0 Å². The summed E-state index contributed by atoms with van der Waals surface area (Å²) in [5.41, 5.74) is 26.2. The first-order valence-electron chi connectivity index (χ1n) is 14.3. The van der Waals surface area contributed by atoms with Gasteiger partial charge in [-0.15, -0.1) is 0 Å². The monoisotopic (exact) mass is 473 g/mol. The number of hydrogen-bond donors (Lipinski definition) is 6. The molecular weight excluding hydrogens is 408 g/mol. The van der Waals surface area contributed by atoms with E-state index in [1.54, 1.807) is 32.1 Å². The molecule has 3 rings (SSSR count). The minimum absolute atomic E-state index is 0.750. The maximum atomic E-state index is 5.58. The number of fused-ring (bicyclic) bond motifs is 2. The maximum absolute atomic E-state index is 5.58. The molecule has 3 aliphatic carbocycles. The first kappa shape index (κ1) is 34.9. The fraction of sp³-hybridized carbons (Fsp3) is 1.00. The Morgan fingerprint density at radius 1 is 0.606 bits per heavy atom. The summed E-state index contributed by atoms with van der Waals surface area (Å²) >= 11 is 0. The van der Waals surface area contributed by atoms with Gasteiger partial charge < -0.3 is 34.0 Å². The van der Waals surface area contributed by atoms with E-state index in [4.69, 9.17) is 28.7 Å². The minimum atomic E-state index is 0.750. The summed E-state index contributed by atoms with van der Waals surface area (Å²) in [6.07, 6.45) is 18.4. The smallest absolute Gasteiger partial charge is 0.00745 e. The molecule has 6 heteroatoms. The van der Waals surface area contributed by atoms with Gasteiger partial charge in [0.25, 0.3) is 0 Å². The van der Waals surface area contributed by atoms with Gasteiger partial charge in [-0.1, -0.05) is 72.1 Å². The molecule has 3 aliphatic rings. The molecule has 0 saturated heterocycles. The van der Waals surface area contributed by atoms with Crippen molar-refractivity contribution < 1.29 is 0 Å². The Bertz CT molecular complexity index is 318. The van der Waals surface area contributed by atoms with Crippen molar-refractivity contribution in [3.8, 4) is 0 Å². The maximum Gasteiger partial charge on any atom is 0.00745 e. The standard InChI is InChI=1S/C8H18N2.C8H20N2.C7H12.2C2H7N/c9-5-7-2-1-3-8(4-7)6-10;1-2-3-4-5-7-10-8-6-9;1-2-7-4-3-6(1)5-7;2*1-2-3/h7-8H,1-6,9-10H2;10H,2-9H2,1H3;6-7H,1-5H2;2*2-3H2,1H3. The Morgan fingerprint density at radius 3 is 1.42 bits per heavy atom. The van der Waals surface area contributed by atoms with Crippen LogP contribution in [0.5, 0.6) is 0 Å². The van der Waals surface area contributed by atoms with E-state index in [2.05, 4.69) is 12.2 Å². The normalized spacial score (nSPS) is 24.7. The zero-order valence-electron chi connectivity index (χ0n) is 22.8. The lowest BCUT2D eigenvalue weighted by Crippen LogP contribution is -2.26. The number of nitrogens with two attached hydrogens (primary N) is 5. The van der Waals surface area contributed by atoms with Gasteiger partial charge in [0.05, 0.1) is 0 Å². The van der Waals surface area contributed by atoms with Gasteiger partial charge >= 0.3 is 0 Å². The van der Waals surface area contributed by atoms with E-state index in [0.717, 1.165) is 57.6 Å². The van der Waals surface area contributed by atoms with Crippen LogP contribution in [-0.4, -0.2) is 45.8 Å². The molecule has 2 bridgehead atoms. The average Bonchev–Trinajstić information content (AvgIpc) is 3.50. The van der Waals surface area contributed by atoms with Crippen molar-refractivity contribution in [2.24, 2.45) is 52.3 Å². The Labute approximate surface area is 207 Å². The van der Waals surface area contributed by atoms with Crippen LogP contribution in [0.3, 0.4) is 0 Å². The zero-order chi connectivity index (χ0) is 25.2. The van der Waals surface area contributed by atoms with Gasteiger partial charge in [0.1, 0.15) is 0 Å². The molecule has 0 aromatic heterocycles. The summed E-state index contributed by atoms with van der Waals surface area (Å²) in [5, 5.41) is 3.27. The highest BCUT2D eigenvalue weighted by Gasteiger charge is 2.30. The second kappa shape index (κ2) is 28.0. The molecule has 0 spiro atoms. The number of unbranched alkanes of at least 4 members (excludes halogenated alkanes) is 3. The van der Waals surface area contributed by atoms with Crippen LogP contribution in [0, 0.1) is 23.7 Å². The third-order valence-electron chi connectivity index (χ3n) is 6.72. The second-order valence-electron chi connectivity index (χ2n) is 9.91. The molecule has 2 unspecified atom stereocenters. The van der Waals surface area contributed by atoms with Gasteiger partial charge in [0.2, 0.25) is 0 Å². The van der Waals surface area contributed by atoms with Crippen LogP contribution >= 0.6 is 0 Å². The van der Waals surface area contributed by atoms with Crippen LogP contribution in [0.1, 0.15) is 104 Å². The number of rotatable bonds is 9. The fourth-order valence-corrected chi connectivity index (χ4v) is 4.91. The lowest BCUT2D eigenvalue weighted by Gasteiger charge is -2.26. The first-order chi connectivity index (χ1) is 16.1. The van der Waals surface area contributed by atoms with Crippen LogP contribution in [0.15, 0.2) is 0 Å². The van der Waals surface area contributed by atoms with Crippen molar-refractivity contribution in [2.45, 2.75) is 104 Å². The largest absolute Gasteiger partial charge is 0.331 e. The molecular formula is C27H64N6. The van der Waals surface area contributed by atoms with Gasteiger partial charge in [-0.3, -0.25) is 0 Å². The molecule has 202 valence electrons. The van der Waals surface area contributed by atoms with E-state index >= 15 is 0 Å². The molecule has 0 aromatic rings. The Morgan fingerprint density at radius 2 is 1.09 bits per heavy atom. The molecule has 0 radical (unpaired) electrons. The van der Waals surface area contributed by atoms with Crippen LogP contribution in [0.2, 0.25) is 0 Å². The Kier molecular flexibility index (Phi) is 29.6. The highest BCUT2D eigenvalue weighted by molar-refractivity contribution is 4.82. The first-order valence-corrected chi connectivity index (χ1v) is 14.3. The van der Waals surface area contributed by atoms with E-state index in [1.165, 1.54) is 63.2 Å². The van der Waals surface area contributed by atoms with E-state index in [-0.39, 0.29) is 0 Å². The summed E-state index contributed by atoms with van der Waals surface area (Å²) in [4.78, 5) is 0. The number of nitrogens with one attached hydrogen (secondary N) is 1. The zero-order valence-corrected chi connectivity index (χ0v) is 22.8. The summed E-state index contributed by atoms with van der Waals surface area (Å²) in [7, 11) is 0. The summed E-state index contributed by atoms with van der Waals surface area (Å²) < 4.78 is 0. The van der Waals surface area contributed by atoms with Crippen molar-refractivity contribution >= 4 is 0 Å². The Hall–Kier alpha value is -0.240. The summed E-state index contributed by atoms with van der Waals surface area (Å²) in [5.74, 6) is 3.87. The second-order valence-corrected chi connectivity index (χ2v) is 9.91. The summed E-state index contributed by atoms with van der Waals surface area (Å²) in [6.45, 7) is 12.1. The van der Waals surface area contributed by atoms with E-state index < -0.39 is 0 Å². The van der Waals surface area contributed by atoms with Crippen LogP contribution in [0.4, 0.5) is 0 Å². The lowest BCUT2D eigenvalue weighted by molar-refractivity contribution is 0.277. The minimum Gasteiger partial charge on any atom is -0.331 e. The molecule has 33 heavy (non-hydrogen) atoms. The van der Waals surface area contributed by atoms with Crippen molar-refractivity contribution in [2.75, 3.05) is 45.8 Å². The summed E-state index contributed by atoms with van der Waals surface area (Å²) in [6, 6.07) is 0. The highest BCUT2D eigenvalue weighted by atomic mass is 14.9. The highest BCUT2D eigenvalue weighted by Crippen LogP contribution is 2.43. The lowest BCUT2D eigenvalue weighted by atomic mass is 9.81. The van der Waals surface area contributed by atoms with E-state index in [0.29, 0.717) is 0 Å². The Balaban J connectivity index is 0. The molecule has 3 fully saturated rings. The van der Waals surface area contributed by atoms with Crippen LogP contribution in [-0.2, 0) is 0 Å². The average molecular weight is 473 g/mol. The van der Waals surface area contributed by atoms with E-state index in [9.17, 15) is 0 Å². The third-order valence-corrected chi connectivity index (χ3v) is 6.72. The molecule has 0 amide bonds. The third kappa shape index (κ3) is 23.3. The van der Waals surface area contributed by atoms with Crippen LogP contribution in [0.25, 0.3) is 0 Å². The number of hydrogen-bond acceptors (Lipinski definition) is 6. The fourth-order valence-electron chi connectivity index (χ4n) is 4.91. The van der Waals surface area contributed by atoms with Gasteiger partial charge in [-0.25, -0.2) is 0 Å². The van der Waals surface area contributed by atoms with Gasteiger partial charge in [0, 0.05) is 13.1 Å². The molecule has 0 heterocycles. The predicted octanol–water partition coefficient (Wildman–Crippen LogP) is 3.95. The van der Waals surface area contributed by atoms with Crippen molar-refractivity contribution in [1.29, 1.82) is 0 Å². The van der Waals surface area contributed by atoms with Crippen LogP contribution < -0.4 is 34.0 Å². The molecule has 6 nitrogen and oxygen atoms in total. The van der Waals surface area contributed by atoms with Gasteiger partial charge in [-0.2, -0.15) is 0 Å². The molecule has 11 N–H and O–H groups in total. The predicted molar refractivity (Wildman–Crippen MR) is 149 cm³/mol. The van der Waals surface area contributed by atoms with Gasteiger partial charge in [-0.05, 0) is 88.5 Å². The van der Waals surface area contributed by atoms with E-state index in [1.807, 2.05) is 13.8 Å².